The summed E-state index contributed by atoms with van der Waals surface area (Å²) in [5, 5.41) is 9.05. The van der Waals surface area contributed by atoms with Gasteiger partial charge in [-0.05, 0) is 31.1 Å². The van der Waals surface area contributed by atoms with Crippen molar-refractivity contribution in [2.24, 2.45) is 11.8 Å². The molecule has 0 radical (unpaired) electrons. The minimum Gasteiger partial charge on any atom is -0.393 e. The largest absolute Gasteiger partial charge is 0.393 e. The summed E-state index contributed by atoms with van der Waals surface area (Å²) in [4.78, 5) is 0. The lowest BCUT2D eigenvalue weighted by atomic mass is 9.81. The van der Waals surface area contributed by atoms with Crippen molar-refractivity contribution < 1.29 is 5.11 Å². The van der Waals surface area contributed by atoms with Gasteiger partial charge in [-0.25, -0.2) is 0 Å². The molecule has 40 valence electrons. The first-order chi connectivity index (χ1) is 3.38. The highest BCUT2D eigenvalue weighted by Crippen LogP contribution is 2.48. The second kappa shape index (κ2) is 1.03. The highest BCUT2D eigenvalue weighted by molar-refractivity contribution is 4.95. The molecule has 0 spiro atoms. The van der Waals surface area contributed by atoms with E-state index in [0.29, 0.717) is 11.8 Å². The van der Waals surface area contributed by atoms with Crippen LogP contribution >= 0.6 is 0 Å². The lowest BCUT2D eigenvalue weighted by Crippen LogP contribution is -2.32. The van der Waals surface area contributed by atoms with Crippen LogP contribution in [0.1, 0.15) is 19.3 Å². The van der Waals surface area contributed by atoms with E-state index in [1.165, 1.54) is 19.3 Å². The molecule has 3 fully saturated rings. The van der Waals surface area contributed by atoms with E-state index in [0.717, 1.165) is 0 Å². The van der Waals surface area contributed by atoms with E-state index in [9.17, 15) is 0 Å². The van der Waals surface area contributed by atoms with Crippen LogP contribution in [0.15, 0.2) is 0 Å². The summed E-state index contributed by atoms with van der Waals surface area (Å²) >= 11 is 0. The van der Waals surface area contributed by atoms with Gasteiger partial charge in [0.15, 0.2) is 0 Å². The maximum absolute atomic E-state index is 9.05. The fourth-order valence-electron chi connectivity index (χ4n) is 1.86. The smallest absolute Gasteiger partial charge is 0.0596 e. The second-order valence-electron chi connectivity index (χ2n) is 2.82. The first kappa shape index (κ1) is 3.90. The van der Waals surface area contributed by atoms with E-state index < -0.39 is 0 Å². The number of aliphatic hydroxyl groups is 1. The minimum atomic E-state index is 0.111. The van der Waals surface area contributed by atoms with E-state index in [2.05, 4.69) is 0 Å². The van der Waals surface area contributed by atoms with Gasteiger partial charge in [-0.2, -0.15) is 0 Å². The fraction of sp³-hybridized carbons (Fsp3) is 1.00. The van der Waals surface area contributed by atoms with Crippen molar-refractivity contribution in [1.82, 2.24) is 0 Å². The third kappa shape index (κ3) is 0.325. The Morgan fingerprint density at radius 3 is 1.86 bits per heavy atom. The van der Waals surface area contributed by atoms with Crippen LogP contribution in [0.3, 0.4) is 0 Å². The van der Waals surface area contributed by atoms with Gasteiger partial charge in [0, 0.05) is 0 Å². The topological polar surface area (TPSA) is 20.2 Å². The molecule has 1 nitrogen and oxygen atoms in total. The summed E-state index contributed by atoms with van der Waals surface area (Å²) < 4.78 is 0. The molecule has 3 aliphatic rings. The molecule has 1 heteroatoms. The number of hydrogen-bond donors (Lipinski definition) is 1. The zero-order valence-corrected chi connectivity index (χ0v) is 4.30. The van der Waals surface area contributed by atoms with Gasteiger partial charge in [-0.3, -0.25) is 0 Å². The van der Waals surface area contributed by atoms with Gasteiger partial charge in [0.05, 0.1) is 6.10 Å². The van der Waals surface area contributed by atoms with Crippen LogP contribution in [0.5, 0.6) is 0 Å². The van der Waals surface area contributed by atoms with Gasteiger partial charge >= 0.3 is 0 Å². The Bertz CT molecular complexity index is 76.2. The lowest BCUT2D eigenvalue weighted by Gasteiger charge is -2.30. The molecule has 3 rings (SSSR count). The standard InChI is InChI=1S/C6H10O/c7-6-4-1-2-5(6)3-4/h4-7H,1-3H2/t4-,5+,6?. The molecule has 2 bridgehead atoms. The predicted octanol–water partition coefficient (Wildman–Crippen LogP) is 0.777. The van der Waals surface area contributed by atoms with E-state index in [-0.39, 0.29) is 6.10 Å². The van der Waals surface area contributed by atoms with Gasteiger partial charge in [0.2, 0.25) is 0 Å². The van der Waals surface area contributed by atoms with Gasteiger partial charge in [-0.1, -0.05) is 0 Å². The van der Waals surface area contributed by atoms with Crippen molar-refractivity contribution in [3.05, 3.63) is 0 Å². The Balaban J connectivity index is 2.14. The maximum atomic E-state index is 9.05. The van der Waals surface area contributed by atoms with E-state index in [1.807, 2.05) is 0 Å². The summed E-state index contributed by atoms with van der Waals surface area (Å²) in [6, 6.07) is 0. The normalized spacial score (nSPS) is 57.0. The molecule has 7 heavy (non-hydrogen) atoms. The average Bonchev–Trinajstić information content (AvgIpc) is 2.18. The number of fused-ring (bicyclic) bond motifs is 1. The van der Waals surface area contributed by atoms with Gasteiger partial charge in [0.1, 0.15) is 0 Å². The molecule has 0 aromatic carbocycles. The molecule has 3 aliphatic carbocycles. The number of rotatable bonds is 0. The van der Waals surface area contributed by atoms with Crippen molar-refractivity contribution in [2.45, 2.75) is 25.4 Å². The Labute approximate surface area is 43.3 Å². The van der Waals surface area contributed by atoms with Gasteiger partial charge in [-0.15, -0.1) is 0 Å². The van der Waals surface area contributed by atoms with Crippen LogP contribution < -0.4 is 0 Å². The highest BCUT2D eigenvalue weighted by Gasteiger charge is 2.45. The molecular formula is C6H10O. The van der Waals surface area contributed by atoms with Crippen LogP contribution in [0.25, 0.3) is 0 Å². The van der Waals surface area contributed by atoms with Gasteiger partial charge in [0.25, 0.3) is 0 Å². The van der Waals surface area contributed by atoms with Crippen LogP contribution in [0.2, 0.25) is 0 Å². The van der Waals surface area contributed by atoms with Crippen molar-refractivity contribution >= 4 is 0 Å². The summed E-state index contributed by atoms with van der Waals surface area (Å²) in [5.74, 6) is 1.43. The monoisotopic (exact) mass is 98.1 g/mol. The van der Waals surface area contributed by atoms with Crippen LogP contribution in [-0.2, 0) is 0 Å². The van der Waals surface area contributed by atoms with E-state index in [4.69, 9.17) is 5.11 Å². The Morgan fingerprint density at radius 1 is 1.14 bits per heavy atom. The molecular weight excluding hydrogens is 88.1 g/mol. The van der Waals surface area contributed by atoms with Crippen molar-refractivity contribution in [3.63, 3.8) is 0 Å². The molecule has 0 aromatic rings. The molecule has 3 saturated carbocycles. The highest BCUT2D eigenvalue weighted by atomic mass is 16.3. The molecule has 0 amide bonds. The van der Waals surface area contributed by atoms with E-state index in [1.54, 1.807) is 0 Å². The van der Waals surface area contributed by atoms with Crippen molar-refractivity contribution in [3.8, 4) is 0 Å². The third-order valence-electron chi connectivity index (χ3n) is 2.48. The maximum Gasteiger partial charge on any atom is 0.0596 e. The fourth-order valence-corrected chi connectivity index (χ4v) is 1.86. The first-order valence-electron chi connectivity index (χ1n) is 3.06. The van der Waals surface area contributed by atoms with Crippen molar-refractivity contribution in [1.29, 1.82) is 0 Å². The molecule has 1 unspecified atom stereocenters. The summed E-state index contributed by atoms with van der Waals surface area (Å²) in [7, 11) is 0. The van der Waals surface area contributed by atoms with Crippen molar-refractivity contribution in [2.75, 3.05) is 0 Å². The Morgan fingerprint density at radius 2 is 1.71 bits per heavy atom. The molecule has 0 saturated heterocycles. The molecule has 3 atom stereocenters. The zero-order chi connectivity index (χ0) is 4.85. The SMILES string of the molecule is OC1[C@@H]2CC[C@H]1C2. The molecule has 0 aliphatic heterocycles. The Hall–Kier alpha value is -0.0400. The predicted molar refractivity (Wildman–Crippen MR) is 26.8 cm³/mol. The summed E-state index contributed by atoms with van der Waals surface area (Å²) in [6.45, 7) is 0. The minimum absolute atomic E-state index is 0.111. The number of hydrogen-bond acceptors (Lipinski definition) is 1. The summed E-state index contributed by atoms with van der Waals surface area (Å²) in [6.07, 6.45) is 4.03. The van der Waals surface area contributed by atoms with E-state index >= 15 is 0 Å². The Kier molecular flexibility index (Phi) is 0.571. The third-order valence-corrected chi connectivity index (χ3v) is 2.48. The van der Waals surface area contributed by atoms with Crippen LogP contribution in [-0.4, -0.2) is 11.2 Å². The average molecular weight is 98.1 g/mol. The second-order valence-corrected chi connectivity index (χ2v) is 2.82. The quantitative estimate of drug-likeness (QED) is 0.474. The summed E-state index contributed by atoms with van der Waals surface area (Å²) in [5.41, 5.74) is 0. The number of aliphatic hydroxyl groups excluding tert-OH is 1. The zero-order valence-electron chi connectivity index (χ0n) is 4.30. The van der Waals surface area contributed by atoms with Gasteiger partial charge < -0.3 is 5.11 Å². The van der Waals surface area contributed by atoms with Crippen LogP contribution in [0.4, 0.5) is 0 Å². The molecule has 1 N–H and O–H groups in total. The van der Waals surface area contributed by atoms with Crippen LogP contribution in [0, 0.1) is 11.8 Å². The molecule has 0 heterocycles. The first-order valence-corrected chi connectivity index (χ1v) is 3.06. The molecule has 0 aromatic heterocycles. The lowest BCUT2D eigenvalue weighted by molar-refractivity contribution is 0.00943.